The number of nitrogens with zero attached hydrogens (tertiary/aromatic N) is 1. The first-order valence-corrected chi connectivity index (χ1v) is 4.59. The van der Waals surface area contributed by atoms with Crippen molar-refractivity contribution >= 4 is 27.3 Å². The summed E-state index contributed by atoms with van der Waals surface area (Å²) in [6.07, 6.45) is 0. The predicted octanol–water partition coefficient (Wildman–Crippen LogP) is 2.41. The molecule has 0 aromatic heterocycles. The molecule has 0 saturated carbocycles. The number of nitro groups is 1. The topological polar surface area (TPSA) is 64.4 Å². The first kappa shape index (κ1) is 10.8. The molecule has 0 aliphatic rings. The van der Waals surface area contributed by atoms with Crippen molar-refractivity contribution < 1.29 is 9.66 Å². The van der Waals surface area contributed by atoms with E-state index in [0.29, 0.717) is 10.2 Å². The SMILES string of the molecule is CNc1ccc(Br)c(OC)c1[N+](=O)[O-]. The smallest absolute Gasteiger partial charge is 0.334 e. The summed E-state index contributed by atoms with van der Waals surface area (Å²) in [5.41, 5.74) is 0.361. The standard InChI is InChI=1S/C8H9BrN2O3/c1-10-6-4-3-5(9)8(14-2)7(6)11(12)13/h3-4,10H,1-2H3. The van der Waals surface area contributed by atoms with Crippen LogP contribution in [-0.2, 0) is 0 Å². The van der Waals surface area contributed by atoms with Gasteiger partial charge in [-0.05, 0) is 28.1 Å². The lowest BCUT2D eigenvalue weighted by atomic mass is 10.2. The normalized spacial score (nSPS) is 9.64. The zero-order valence-corrected chi connectivity index (χ0v) is 9.29. The van der Waals surface area contributed by atoms with Crippen LogP contribution in [0.4, 0.5) is 11.4 Å². The molecule has 1 N–H and O–H groups in total. The molecule has 0 amide bonds. The second-order valence-corrected chi connectivity index (χ2v) is 3.34. The average molecular weight is 261 g/mol. The summed E-state index contributed by atoms with van der Waals surface area (Å²) in [5, 5.41) is 13.5. The summed E-state index contributed by atoms with van der Waals surface area (Å²) in [7, 11) is 3.02. The number of hydrogen-bond donors (Lipinski definition) is 1. The van der Waals surface area contributed by atoms with Crippen LogP contribution in [0.1, 0.15) is 0 Å². The Morgan fingerprint density at radius 2 is 2.21 bits per heavy atom. The molecule has 0 unspecified atom stereocenters. The molecule has 0 atom stereocenters. The molecule has 0 radical (unpaired) electrons. The number of rotatable bonds is 3. The monoisotopic (exact) mass is 260 g/mol. The first-order chi connectivity index (χ1) is 6.61. The molecule has 6 heteroatoms. The Morgan fingerprint density at radius 3 is 2.64 bits per heavy atom. The Morgan fingerprint density at radius 1 is 1.57 bits per heavy atom. The van der Waals surface area contributed by atoms with Gasteiger partial charge in [0.1, 0.15) is 5.69 Å². The maximum atomic E-state index is 10.8. The van der Waals surface area contributed by atoms with Gasteiger partial charge in [-0.1, -0.05) is 0 Å². The van der Waals surface area contributed by atoms with Gasteiger partial charge >= 0.3 is 5.69 Å². The summed E-state index contributed by atoms with van der Waals surface area (Å²) in [5.74, 6) is 0.224. The molecular weight excluding hydrogens is 252 g/mol. The van der Waals surface area contributed by atoms with Crippen LogP contribution in [0.15, 0.2) is 16.6 Å². The first-order valence-electron chi connectivity index (χ1n) is 3.80. The highest BCUT2D eigenvalue weighted by Crippen LogP contribution is 2.40. The van der Waals surface area contributed by atoms with Crippen LogP contribution in [0.2, 0.25) is 0 Å². The third-order valence-electron chi connectivity index (χ3n) is 1.74. The van der Waals surface area contributed by atoms with Gasteiger partial charge in [-0.2, -0.15) is 0 Å². The van der Waals surface area contributed by atoms with E-state index in [4.69, 9.17) is 4.74 Å². The van der Waals surface area contributed by atoms with Gasteiger partial charge < -0.3 is 10.1 Å². The van der Waals surface area contributed by atoms with Crippen molar-refractivity contribution in [3.8, 4) is 5.75 Å². The van der Waals surface area contributed by atoms with Crippen LogP contribution >= 0.6 is 15.9 Å². The van der Waals surface area contributed by atoms with Crippen molar-refractivity contribution in [2.24, 2.45) is 0 Å². The molecule has 1 aromatic rings. The zero-order valence-electron chi connectivity index (χ0n) is 7.70. The van der Waals surface area contributed by atoms with Crippen LogP contribution in [0.5, 0.6) is 5.75 Å². The fourth-order valence-corrected chi connectivity index (χ4v) is 1.61. The van der Waals surface area contributed by atoms with Gasteiger partial charge in [0.05, 0.1) is 16.5 Å². The number of nitrogens with one attached hydrogen (secondary N) is 1. The minimum Gasteiger partial charge on any atom is -0.489 e. The van der Waals surface area contributed by atoms with E-state index in [1.165, 1.54) is 7.11 Å². The van der Waals surface area contributed by atoms with Crippen molar-refractivity contribution in [1.29, 1.82) is 0 Å². The molecule has 0 spiro atoms. The quantitative estimate of drug-likeness (QED) is 0.670. The fourth-order valence-electron chi connectivity index (χ4n) is 1.12. The predicted molar refractivity (Wildman–Crippen MR) is 56.9 cm³/mol. The van der Waals surface area contributed by atoms with E-state index >= 15 is 0 Å². The van der Waals surface area contributed by atoms with Crippen LogP contribution in [-0.4, -0.2) is 19.1 Å². The molecule has 14 heavy (non-hydrogen) atoms. The summed E-state index contributed by atoms with van der Waals surface area (Å²) in [6.45, 7) is 0. The van der Waals surface area contributed by atoms with Gasteiger partial charge in [0.25, 0.3) is 0 Å². The van der Waals surface area contributed by atoms with E-state index < -0.39 is 4.92 Å². The molecule has 0 saturated heterocycles. The van der Waals surface area contributed by atoms with Crippen molar-refractivity contribution in [1.82, 2.24) is 0 Å². The van der Waals surface area contributed by atoms with Gasteiger partial charge in [-0.3, -0.25) is 10.1 Å². The number of halogens is 1. The fraction of sp³-hybridized carbons (Fsp3) is 0.250. The third-order valence-corrected chi connectivity index (χ3v) is 2.36. The van der Waals surface area contributed by atoms with Gasteiger partial charge in [0.15, 0.2) is 0 Å². The van der Waals surface area contributed by atoms with E-state index in [1.807, 2.05) is 0 Å². The van der Waals surface area contributed by atoms with Crippen molar-refractivity contribution in [2.75, 3.05) is 19.5 Å². The molecule has 76 valence electrons. The Hall–Kier alpha value is -1.30. The van der Waals surface area contributed by atoms with E-state index in [0.717, 1.165) is 0 Å². The number of hydrogen-bond acceptors (Lipinski definition) is 4. The lowest BCUT2D eigenvalue weighted by Gasteiger charge is -2.07. The number of methoxy groups -OCH3 is 1. The highest BCUT2D eigenvalue weighted by molar-refractivity contribution is 9.10. The minimum atomic E-state index is -0.477. The Bertz CT molecular complexity index is 368. The van der Waals surface area contributed by atoms with E-state index in [1.54, 1.807) is 19.2 Å². The maximum Gasteiger partial charge on any atom is 0.334 e. The summed E-state index contributed by atoms with van der Waals surface area (Å²) >= 11 is 3.18. The van der Waals surface area contributed by atoms with E-state index in [-0.39, 0.29) is 11.4 Å². The molecule has 1 rings (SSSR count). The maximum absolute atomic E-state index is 10.8. The number of nitro benzene ring substituents is 1. The second kappa shape index (κ2) is 4.28. The van der Waals surface area contributed by atoms with E-state index in [2.05, 4.69) is 21.2 Å². The van der Waals surface area contributed by atoms with Gasteiger partial charge in [-0.15, -0.1) is 0 Å². The minimum absolute atomic E-state index is 0.0654. The molecule has 1 aromatic carbocycles. The van der Waals surface area contributed by atoms with Gasteiger partial charge in [-0.25, -0.2) is 0 Å². The number of benzene rings is 1. The van der Waals surface area contributed by atoms with E-state index in [9.17, 15) is 10.1 Å². The largest absolute Gasteiger partial charge is 0.489 e. The van der Waals surface area contributed by atoms with Crippen molar-refractivity contribution in [2.45, 2.75) is 0 Å². The number of anilines is 1. The lowest BCUT2D eigenvalue weighted by Crippen LogP contribution is -2.00. The molecule has 0 fully saturated rings. The van der Waals surface area contributed by atoms with Gasteiger partial charge in [0.2, 0.25) is 5.75 Å². The molecule has 0 aliphatic carbocycles. The highest BCUT2D eigenvalue weighted by Gasteiger charge is 2.22. The van der Waals surface area contributed by atoms with Crippen LogP contribution in [0.25, 0.3) is 0 Å². The Balaban J connectivity index is 3.43. The summed E-state index contributed by atoms with van der Waals surface area (Å²) < 4.78 is 5.51. The lowest BCUT2D eigenvalue weighted by molar-refractivity contribution is -0.384. The molecule has 0 heterocycles. The summed E-state index contributed by atoms with van der Waals surface area (Å²) in [4.78, 5) is 10.3. The zero-order chi connectivity index (χ0) is 10.7. The third kappa shape index (κ3) is 1.79. The average Bonchev–Trinajstić information content (AvgIpc) is 2.17. The Kier molecular flexibility index (Phi) is 3.29. The van der Waals surface area contributed by atoms with Crippen molar-refractivity contribution in [3.05, 3.63) is 26.7 Å². The number of ether oxygens (including phenoxy) is 1. The second-order valence-electron chi connectivity index (χ2n) is 2.48. The molecular formula is C8H9BrN2O3. The highest BCUT2D eigenvalue weighted by atomic mass is 79.9. The summed E-state index contributed by atoms with van der Waals surface area (Å²) in [6, 6.07) is 3.31. The molecule has 5 nitrogen and oxygen atoms in total. The van der Waals surface area contributed by atoms with Crippen molar-refractivity contribution in [3.63, 3.8) is 0 Å². The Labute approximate surface area is 89.3 Å². The van der Waals surface area contributed by atoms with Crippen LogP contribution < -0.4 is 10.1 Å². The van der Waals surface area contributed by atoms with Crippen LogP contribution in [0.3, 0.4) is 0 Å². The molecule has 0 aliphatic heterocycles. The molecule has 0 bridgehead atoms. The van der Waals surface area contributed by atoms with Crippen LogP contribution in [0, 0.1) is 10.1 Å². The van der Waals surface area contributed by atoms with Gasteiger partial charge in [0, 0.05) is 7.05 Å².